The average molecular weight is 229 g/mol. The van der Waals surface area contributed by atoms with Gasteiger partial charge in [0.25, 0.3) is 0 Å². The smallest absolute Gasteiger partial charge is 0.138 e. The summed E-state index contributed by atoms with van der Waals surface area (Å²) in [6.45, 7) is 5.95. The number of Topliss-reactive ketones (excluding diaryl/α,β-unsaturated/α-hetero) is 1. The zero-order valence-electron chi connectivity index (χ0n) is 10.7. The Labute approximate surface area is 102 Å². The number of hydrogen-bond donors (Lipinski definition) is 1. The zero-order valence-corrected chi connectivity index (χ0v) is 10.7. The molecule has 90 valence electrons. The van der Waals surface area contributed by atoms with Crippen LogP contribution in [0.5, 0.6) is 0 Å². The van der Waals surface area contributed by atoms with E-state index in [1.54, 1.807) is 0 Å². The number of carbonyl (C=O) groups excluding carboxylic acids is 1. The molecular formula is C15H19NO. The molecule has 1 heterocycles. The van der Waals surface area contributed by atoms with Crippen molar-refractivity contribution in [1.29, 1.82) is 0 Å². The van der Waals surface area contributed by atoms with Crippen LogP contribution in [0.15, 0.2) is 30.5 Å². The van der Waals surface area contributed by atoms with Crippen molar-refractivity contribution >= 4 is 16.7 Å². The molecule has 0 radical (unpaired) electrons. The Hall–Kier alpha value is -1.57. The molecule has 0 spiro atoms. The number of ketones is 1. The van der Waals surface area contributed by atoms with Crippen molar-refractivity contribution in [3.8, 4) is 0 Å². The molecule has 0 aliphatic heterocycles. The third-order valence-corrected chi connectivity index (χ3v) is 3.26. The van der Waals surface area contributed by atoms with Gasteiger partial charge >= 0.3 is 0 Å². The molecule has 2 aromatic rings. The fraction of sp³-hybridized carbons (Fsp3) is 0.400. The molecule has 2 rings (SSSR count). The van der Waals surface area contributed by atoms with Crippen molar-refractivity contribution in [3.05, 3.63) is 36.0 Å². The highest BCUT2D eigenvalue weighted by molar-refractivity contribution is 5.86. The topological polar surface area (TPSA) is 32.9 Å². The lowest BCUT2D eigenvalue weighted by Crippen LogP contribution is -2.18. The molecule has 0 saturated carbocycles. The molecule has 17 heavy (non-hydrogen) atoms. The minimum absolute atomic E-state index is 0.0919. The predicted molar refractivity (Wildman–Crippen MR) is 71.0 cm³/mol. The number of para-hydroxylation sites is 1. The number of fused-ring (bicyclic) bond motifs is 1. The average Bonchev–Trinajstić information content (AvgIpc) is 2.71. The summed E-state index contributed by atoms with van der Waals surface area (Å²) in [5.41, 5.74) is 2.38. The van der Waals surface area contributed by atoms with Gasteiger partial charge in [-0.3, -0.25) is 4.79 Å². The summed E-state index contributed by atoms with van der Waals surface area (Å²) in [7, 11) is 0. The van der Waals surface area contributed by atoms with Crippen LogP contribution in [-0.4, -0.2) is 10.8 Å². The van der Waals surface area contributed by atoms with E-state index >= 15 is 0 Å². The third-order valence-electron chi connectivity index (χ3n) is 3.26. The van der Waals surface area contributed by atoms with E-state index in [9.17, 15) is 4.79 Å². The third kappa shape index (κ3) is 2.41. The quantitative estimate of drug-likeness (QED) is 0.854. The van der Waals surface area contributed by atoms with Crippen molar-refractivity contribution in [3.63, 3.8) is 0 Å². The van der Waals surface area contributed by atoms with Gasteiger partial charge in [-0.1, -0.05) is 39.0 Å². The lowest BCUT2D eigenvalue weighted by atomic mass is 9.91. The van der Waals surface area contributed by atoms with E-state index in [4.69, 9.17) is 0 Å². The van der Waals surface area contributed by atoms with Crippen molar-refractivity contribution in [2.75, 3.05) is 0 Å². The Morgan fingerprint density at radius 3 is 2.65 bits per heavy atom. The molecule has 2 nitrogen and oxygen atoms in total. The first-order valence-corrected chi connectivity index (χ1v) is 6.18. The Bertz CT molecular complexity index is 524. The van der Waals surface area contributed by atoms with Crippen molar-refractivity contribution in [2.24, 2.45) is 11.8 Å². The molecular weight excluding hydrogens is 210 g/mol. The van der Waals surface area contributed by atoms with Gasteiger partial charge in [0, 0.05) is 28.9 Å². The molecule has 1 atom stereocenters. The molecule has 0 bridgehead atoms. The molecule has 2 heteroatoms. The Morgan fingerprint density at radius 2 is 1.94 bits per heavy atom. The summed E-state index contributed by atoms with van der Waals surface area (Å²) in [5, 5.41) is 1.23. The van der Waals surface area contributed by atoms with Crippen LogP contribution in [0.2, 0.25) is 0 Å². The van der Waals surface area contributed by atoms with Crippen molar-refractivity contribution < 1.29 is 4.79 Å². The van der Waals surface area contributed by atoms with Gasteiger partial charge in [0.05, 0.1) is 0 Å². The van der Waals surface area contributed by atoms with E-state index < -0.39 is 0 Å². The van der Waals surface area contributed by atoms with E-state index in [-0.39, 0.29) is 11.8 Å². The van der Waals surface area contributed by atoms with E-state index in [0.717, 1.165) is 11.9 Å². The summed E-state index contributed by atoms with van der Waals surface area (Å²) in [6, 6.07) is 8.22. The maximum Gasteiger partial charge on any atom is 0.138 e. The molecule has 1 N–H and O–H groups in total. The first-order chi connectivity index (χ1) is 8.09. The van der Waals surface area contributed by atoms with E-state index in [1.165, 1.54) is 10.9 Å². The molecule has 0 fully saturated rings. The number of aromatic amines is 1. The molecule has 1 aromatic carbocycles. The van der Waals surface area contributed by atoms with Crippen molar-refractivity contribution in [2.45, 2.75) is 27.2 Å². The molecule has 1 aromatic heterocycles. The lowest BCUT2D eigenvalue weighted by Gasteiger charge is -2.12. The van der Waals surface area contributed by atoms with Gasteiger partial charge in [-0.05, 0) is 18.1 Å². The van der Waals surface area contributed by atoms with Crippen LogP contribution < -0.4 is 0 Å². The van der Waals surface area contributed by atoms with Crippen LogP contribution in [0.3, 0.4) is 0 Å². The Balaban J connectivity index is 2.21. The molecule has 0 saturated heterocycles. The number of aromatic nitrogens is 1. The molecule has 0 aliphatic rings. The number of H-pyrrole nitrogens is 1. The van der Waals surface area contributed by atoms with Crippen LogP contribution in [0.4, 0.5) is 0 Å². The van der Waals surface area contributed by atoms with Gasteiger partial charge in [-0.2, -0.15) is 0 Å². The fourth-order valence-corrected chi connectivity index (χ4v) is 2.30. The monoisotopic (exact) mass is 229 g/mol. The van der Waals surface area contributed by atoms with Crippen molar-refractivity contribution in [1.82, 2.24) is 4.98 Å². The van der Waals surface area contributed by atoms with Gasteiger partial charge in [0.15, 0.2) is 0 Å². The number of carbonyl (C=O) groups is 1. The van der Waals surface area contributed by atoms with Gasteiger partial charge in [0.2, 0.25) is 0 Å². The van der Waals surface area contributed by atoms with Gasteiger partial charge < -0.3 is 4.98 Å². The van der Waals surface area contributed by atoms with E-state index in [2.05, 4.69) is 17.1 Å². The Kier molecular flexibility index (Phi) is 3.32. The fourth-order valence-electron chi connectivity index (χ4n) is 2.30. The predicted octanol–water partition coefficient (Wildman–Crippen LogP) is 3.57. The van der Waals surface area contributed by atoms with Crippen LogP contribution in [0.25, 0.3) is 10.9 Å². The summed E-state index contributed by atoms with van der Waals surface area (Å²) in [4.78, 5) is 15.1. The minimum atomic E-state index is 0.0919. The number of nitrogens with one attached hydrogen (secondary N) is 1. The second kappa shape index (κ2) is 4.74. The second-order valence-electron chi connectivity index (χ2n) is 5.02. The number of benzene rings is 1. The molecule has 1 unspecified atom stereocenters. The normalized spacial score (nSPS) is 13.2. The standard InChI is InChI=1S/C15H19NO/c1-10(2)15(17)11(3)8-12-9-16-14-7-5-4-6-13(12)14/h4-7,9-11,16H,8H2,1-3H3. The van der Waals surface area contributed by atoms with Crippen LogP contribution in [0.1, 0.15) is 26.3 Å². The highest BCUT2D eigenvalue weighted by Gasteiger charge is 2.18. The Morgan fingerprint density at radius 1 is 1.24 bits per heavy atom. The number of hydrogen-bond acceptors (Lipinski definition) is 1. The largest absolute Gasteiger partial charge is 0.361 e. The highest BCUT2D eigenvalue weighted by atomic mass is 16.1. The first-order valence-electron chi connectivity index (χ1n) is 6.18. The summed E-state index contributed by atoms with van der Waals surface area (Å²) in [5.74, 6) is 0.555. The number of rotatable bonds is 4. The van der Waals surface area contributed by atoms with Crippen LogP contribution in [0, 0.1) is 11.8 Å². The second-order valence-corrected chi connectivity index (χ2v) is 5.02. The lowest BCUT2D eigenvalue weighted by molar-refractivity contribution is -0.125. The van der Waals surface area contributed by atoms with Gasteiger partial charge in [-0.25, -0.2) is 0 Å². The van der Waals surface area contributed by atoms with Crippen LogP contribution >= 0.6 is 0 Å². The van der Waals surface area contributed by atoms with Gasteiger partial charge in [0.1, 0.15) is 5.78 Å². The minimum Gasteiger partial charge on any atom is -0.361 e. The van der Waals surface area contributed by atoms with E-state index in [0.29, 0.717) is 5.78 Å². The molecule has 0 aliphatic carbocycles. The summed E-state index contributed by atoms with van der Waals surface area (Å²) in [6.07, 6.45) is 2.84. The highest BCUT2D eigenvalue weighted by Crippen LogP contribution is 2.22. The van der Waals surface area contributed by atoms with Gasteiger partial charge in [-0.15, -0.1) is 0 Å². The summed E-state index contributed by atoms with van der Waals surface area (Å²) >= 11 is 0. The van der Waals surface area contributed by atoms with E-state index in [1.807, 2.05) is 39.1 Å². The first kappa shape index (κ1) is 11.9. The zero-order chi connectivity index (χ0) is 12.4. The summed E-state index contributed by atoms with van der Waals surface area (Å²) < 4.78 is 0. The molecule has 0 amide bonds. The SMILES string of the molecule is CC(C)C(=O)C(C)Cc1c[nH]c2ccccc12. The maximum atomic E-state index is 11.9. The van der Waals surface area contributed by atoms with Crippen LogP contribution in [-0.2, 0) is 11.2 Å². The maximum absolute atomic E-state index is 11.9.